The molecular weight excluding hydrogens is 412 g/mol. The minimum atomic E-state index is -3.57. The molecule has 8 heteroatoms. The van der Waals surface area contributed by atoms with Crippen molar-refractivity contribution in [3.63, 3.8) is 0 Å². The molecule has 2 aromatic carbocycles. The van der Waals surface area contributed by atoms with Gasteiger partial charge in [-0.15, -0.1) is 0 Å². The standard InChI is InChI=1S/C23H32N4O3S/c1-2-25-11-5-8-21(25)17-24-18-23(28)26-12-14-27(15-13-26)31(29,30)22-10-9-19-6-3-4-7-20(19)16-22/h3-4,6-7,9-10,16,21,24H,2,5,8,11-15,17-18H2,1H3/t21-/m0/s1. The quantitative estimate of drug-likeness (QED) is 0.704. The van der Waals surface area contributed by atoms with Crippen molar-refractivity contribution in [2.75, 3.05) is 52.4 Å². The molecule has 1 amide bonds. The van der Waals surface area contributed by atoms with Crippen LogP contribution in [0.1, 0.15) is 19.8 Å². The van der Waals surface area contributed by atoms with Crippen LogP contribution in [0, 0.1) is 0 Å². The smallest absolute Gasteiger partial charge is 0.243 e. The third kappa shape index (κ3) is 4.92. The molecule has 0 unspecified atom stereocenters. The topological polar surface area (TPSA) is 73.0 Å². The van der Waals surface area contributed by atoms with Gasteiger partial charge in [-0.25, -0.2) is 8.42 Å². The first-order valence-corrected chi connectivity index (χ1v) is 12.6. The summed E-state index contributed by atoms with van der Waals surface area (Å²) in [5.74, 6) is 0.0452. The maximum absolute atomic E-state index is 13.1. The molecule has 2 saturated heterocycles. The number of nitrogens with zero attached hydrogens (tertiary/aromatic N) is 3. The number of likely N-dealkylation sites (tertiary alicyclic amines) is 1. The fourth-order valence-corrected chi connectivity index (χ4v) is 6.11. The SMILES string of the molecule is CCN1CCC[C@H]1CNCC(=O)N1CCN(S(=O)(=O)c2ccc3ccccc3c2)CC1. The van der Waals surface area contributed by atoms with Crippen molar-refractivity contribution in [1.29, 1.82) is 0 Å². The number of amides is 1. The van der Waals surface area contributed by atoms with Crippen LogP contribution >= 0.6 is 0 Å². The number of hydrogen-bond donors (Lipinski definition) is 1. The van der Waals surface area contributed by atoms with Crippen molar-refractivity contribution < 1.29 is 13.2 Å². The molecule has 0 radical (unpaired) electrons. The average Bonchev–Trinajstić information content (AvgIpc) is 3.26. The first-order chi connectivity index (χ1) is 15.0. The van der Waals surface area contributed by atoms with Crippen LogP contribution in [-0.2, 0) is 14.8 Å². The van der Waals surface area contributed by atoms with Crippen molar-refractivity contribution in [1.82, 2.24) is 19.4 Å². The van der Waals surface area contributed by atoms with Crippen molar-refractivity contribution in [3.05, 3.63) is 42.5 Å². The molecule has 0 spiro atoms. The second-order valence-electron chi connectivity index (χ2n) is 8.35. The summed E-state index contributed by atoms with van der Waals surface area (Å²) in [7, 11) is -3.57. The van der Waals surface area contributed by atoms with Gasteiger partial charge in [0.1, 0.15) is 0 Å². The molecular formula is C23H32N4O3S. The highest BCUT2D eigenvalue weighted by atomic mass is 32.2. The summed E-state index contributed by atoms with van der Waals surface area (Å²) in [5.41, 5.74) is 0. The Bertz CT molecular complexity index is 1020. The van der Waals surface area contributed by atoms with Crippen LogP contribution < -0.4 is 5.32 Å². The van der Waals surface area contributed by atoms with E-state index in [4.69, 9.17) is 0 Å². The Morgan fingerprint density at radius 3 is 2.52 bits per heavy atom. The Balaban J connectivity index is 1.29. The van der Waals surface area contributed by atoms with E-state index in [1.807, 2.05) is 30.3 Å². The highest BCUT2D eigenvalue weighted by Gasteiger charge is 2.30. The number of piperazine rings is 1. The zero-order valence-electron chi connectivity index (χ0n) is 18.2. The number of carbonyl (C=O) groups excluding carboxylic acids is 1. The first kappa shape index (κ1) is 22.2. The Morgan fingerprint density at radius 2 is 1.77 bits per heavy atom. The highest BCUT2D eigenvalue weighted by molar-refractivity contribution is 7.89. The minimum Gasteiger partial charge on any atom is -0.339 e. The number of hydrogen-bond acceptors (Lipinski definition) is 5. The molecule has 2 fully saturated rings. The second kappa shape index (κ2) is 9.65. The largest absolute Gasteiger partial charge is 0.339 e. The van der Waals surface area contributed by atoms with Crippen LogP contribution in [0.3, 0.4) is 0 Å². The van der Waals surface area contributed by atoms with Gasteiger partial charge in [0.15, 0.2) is 0 Å². The van der Waals surface area contributed by atoms with Gasteiger partial charge in [0.05, 0.1) is 11.4 Å². The molecule has 7 nitrogen and oxygen atoms in total. The van der Waals surface area contributed by atoms with Crippen LogP contribution in [0.2, 0.25) is 0 Å². The van der Waals surface area contributed by atoms with E-state index in [1.54, 1.807) is 17.0 Å². The van der Waals surface area contributed by atoms with E-state index in [-0.39, 0.29) is 5.91 Å². The molecule has 2 heterocycles. The molecule has 2 aliphatic rings. The maximum atomic E-state index is 13.1. The van der Waals surface area contributed by atoms with Crippen molar-refractivity contribution in [2.45, 2.75) is 30.7 Å². The van der Waals surface area contributed by atoms with Crippen LogP contribution in [0.15, 0.2) is 47.4 Å². The molecule has 1 atom stereocenters. The first-order valence-electron chi connectivity index (χ1n) is 11.2. The molecule has 0 saturated carbocycles. The highest BCUT2D eigenvalue weighted by Crippen LogP contribution is 2.23. The van der Waals surface area contributed by atoms with E-state index >= 15 is 0 Å². The fourth-order valence-electron chi connectivity index (χ4n) is 4.65. The molecule has 4 rings (SSSR count). The molecule has 0 aliphatic carbocycles. The van der Waals surface area contributed by atoms with Gasteiger partial charge in [-0.2, -0.15) is 4.31 Å². The van der Waals surface area contributed by atoms with Gasteiger partial charge in [0.25, 0.3) is 0 Å². The van der Waals surface area contributed by atoms with Crippen molar-refractivity contribution >= 4 is 26.7 Å². The van der Waals surface area contributed by atoms with E-state index in [2.05, 4.69) is 17.1 Å². The van der Waals surface area contributed by atoms with E-state index in [0.717, 1.165) is 30.4 Å². The lowest BCUT2D eigenvalue weighted by Crippen LogP contribution is -2.52. The number of fused-ring (bicyclic) bond motifs is 1. The van der Waals surface area contributed by atoms with E-state index in [1.165, 1.54) is 17.1 Å². The van der Waals surface area contributed by atoms with Gasteiger partial charge >= 0.3 is 0 Å². The van der Waals surface area contributed by atoms with Crippen LogP contribution in [0.25, 0.3) is 10.8 Å². The summed E-state index contributed by atoms with van der Waals surface area (Å²) < 4.78 is 27.7. The molecule has 1 N–H and O–H groups in total. The monoisotopic (exact) mass is 444 g/mol. The minimum absolute atomic E-state index is 0.0452. The van der Waals surface area contributed by atoms with Crippen molar-refractivity contribution in [3.8, 4) is 0 Å². The zero-order chi connectivity index (χ0) is 21.8. The van der Waals surface area contributed by atoms with Gasteiger partial charge in [-0.1, -0.05) is 37.3 Å². The number of rotatable bonds is 7. The molecule has 2 aliphatic heterocycles. The Labute approximate surface area is 185 Å². The van der Waals surface area contributed by atoms with Gasteiger partial charge in [-0.05, 0) is 48.8 Å². The summed E-state index contributed by atoms with van der Waals surface area (Å²) in [5, 5.41) is 5.24. The van der Waals surface area contributed by atoms with Gasteiger partial charge < -0.3 is 10.2 Å². The Morgan fingerprint density at radius 1 is 1.03 bits per heavy atom. The Hall–Kier alpha value is -2.00. The summed E-state index contributed by atoms with van der Waals surface area (Å²) in [4.78, 5) is 17.1. The van der Waals surface area contributed by atoms with E-state index in [9.17, 15) is 13.2 Å². The normalized spacial score (nSPS) is 21.1. The van der Waals surface area contributed by atoms with Gasteiger partial charge in [-0.3, -0.25) is 9.69 Å². The maximum Gasteiger partial charge on any atom is 0.243 e. The third-order valence-electron chi connectivity index (χ3n) is 6.51. The number of nitrogens with one attached hydrogen (secondary N) is 1. The second-order valence-corrected chi connectivity index (χ2v) is 10.3. The molecule has 168 valence electrons. The summed E-state index contributed by atoms with van der Waals surface area (Å²) in [6, 6.07) is 13.5. The Kier molecular flexibility index (Phi) is 6.91. The lowest BCUT2D eigenvalue weighted by molar-refractivity contribution is -0.131. The lowest BCUT2D eigenvalue weighted by Gasteiger charge is -2.34. The van der Waals surface area contributed by atoms with Crippen LogP contribution in [0.5, 0.6) is 0 Å². The van der Waals surface area contributed by atoms with E-state index < -0.39 is 10.0 Å². The molecule has 31 heavy (non-hydrogen) atoms. The number of sulfonamides is 1. The van der Waals surface area contributed by atoms with Crippen LogP contribution in [-0.4, -0.2) is 86.8 Å². The summed E-state index contributed by atoms with van der Waals surface area (Å²) in [6.45, 7) is 7.02. The third-order valence-corrected chi connectivity index (χ3v) is 8.41. The lowest BCUT2D eigenvalue weighted by atomic mass is 10.1. The van der Waals surface area contributed by atoms with Gasteiger partial charge in [0, 0.05) is 38.8 Å². The molecule has 2 aromatic rings. The predicted molar refractivity (Wildman–Crippen MR) is 122 cm³/mol. The number of carbonyl (C=O) groups is 1. The number of likely N-dealkylation sites (N-methyl/N-ethyl adjacent to an activating group) is 1. The predicted octanol–water partition coefficient (Wildman–Crippen LogP) is 1.75. The van der Waals surface area contributed by atoms with Crippen LogP contribution in [0.4, 0.5) is 0 Å². The van der Waals surface area contributed by atoms with Gasteiger partial charge in [0.2, 0.25) is 15.9 Å². The number of benzene rings is 2. The fraction of sp³-hybridized carbons (Fsp3) is 0.522. The zero-order valence-corrected chi connectivity index (χ0v) is 19.0. The molecule has 0 bridgehead atoms. The summed E-state index contributed by atoms with van der Waals surface area (Å²) in [6.07, 6.45) is 2.40. The van der Waals surface area contributed by atoms with E-state index in [0.29, 0.717) is 43.7 Å². The van der Waals surface area contributed by atoms with Crippen molar-refractivity contribution in [2.24, 2.45) is 0 Å². The molecule has 0 aromatic heterocycles. The summed E-state index contributed by atoms with van der Waals surface area (Å²) >= 11 is 0. The average molecular weight is 445 g/mol.